The van der Waals surface area contributed by atoms with Crippen LogP contribution in [-0.2, 0) is 9.53 Å². The van der Waals surface area contributed by atoms with Crippen LogP contribution in [0.5, 0.6) is 0 Å². The third kappa shape index (κ3) is 4.90. The average Bonchev–Trinajstić information content (AvgIpc) is 2.69. The molecule has 1 aromatic heterocycles. The van der Waals surface area contributed by atoms with Crippen LogP contribution in [0.4, 0.5) is 0 Å². The van der Waals surface area contributed by atoms with Crippen molar-refractivity contribution in [2.24, 2.45) is 5.92 Å². The van der Waals surface area contributed by atoms with Crippen molar-refractivity contribution in [2.75, 3.05) is 0 Å². The fourth-order valence-electron chi connectivity index (χ4n) is 1.53. The summed E-state index contributed by atoms with van der Waals surface area (Å²) in [6, 6.07) is 1.15. The van der Waals surface area contributed by atoms with Crippen molar-refractivity contribution in [3.05, 3.63) is 20.8 Å². The summed E-state index contributed by atoms with van der Waals surface area (Å²) in [6.45, 7) is 9.16. The second kappa shape index (κ2) is 6.72. The Morgan fingerprint density at radius 1 is 1.35 bits per heavy atom. The molecule has 1 amide bonds. The van der Waals surface area contributed by atoms with Crippen LogP contribution in [-0.4, -0.2) is 23.5 Å². The van der Waals surface area contributed by atoms with Gasteiger partial charge in [-0.2, -0.15) is 0 Å². The van der Waals surface area contributed by atoms with Crippen LogP contribution >= 0.6 is 27.3 Å². The van der Waals surface area contributed by atoms with E-state index in [9.17, 15) is 9.59 Å². The molecule has 0 aliphatic heterocycles. The Hall–Kier alpha value is -0.880. The zero-order valence-corrected chi connectivity index (χ0v) is 14.7. The molecule has 1 heterocycles. The minimum absolute atomic E-state index is 0.0486. The van der Waals surface area contributed by atoms with Crippen LogP contribution in [0.25, 0.3) is 0 Å². The molecule has 1 N–H and O–H groups in total. The number of esters is 1. The van der Waals surface area contributed by atoms with Crippen LogP contribution in [0.2, 0.25) is 0 Å². The van der Waals surface area contributed by atoms with E-state index >= 15 is 0 Å². The van der Waals surface area contributed by atoms with Gasteiger partial charge in [0.25, 0.3) is 5.91 Å². The lowest BCUT2D eigenvalue weighted by Crippen LogP contribution is -2.47. The van der Waals surface area contributed by atoms with E-state index in [2.05, 4.69) is 21.2 Å². The number of nitrogens with one attached hydrogen (secondary N) is 1. The van der Waals surface area contributed by atoms with Crippen LogP contribution in [0.1, 0.15) is 44.3 Å². The molecule has 112 valence electrons. The second-order valence-corrected chi connectivity index (χ2v) is 7.60. The number of amides is 1. The summed E-state index contributed by atoms with van der Waals surface area (Å²) in [5.41, 5.74) is -0.571. The van der Waals surface area contributed by atoms with Crippen molar-refractivity contribution >= 4 is 39.1 Å². The first-order chi connectivity index (χ1) is 9.11. The van der Waals surface area contributed by atoms with Crippen molar-refractivity contribution in [3.8, 4) is 0 Å². The Balaban J connectivity index is 2.81. The second-order valence-electron chi connectivity index (χ2n) is 5.83. The fraction of sp³-hybridized carbons (Fsp3) is 0.571. The van der Waals surface area contributed by atoms with E-state index in [-0.39, 0.29) is 11.8 Å². The van der Waals surface area contributed by atoms with Crippen molar-refractivity contribution < 1.29 is 14.3 Å². The largest absolute Gasteiger partial charge is 0.458 e. The molecule has 0 spiro atoms. The van der Waals surface area contributed by atoms with Crippen molar-refractivity contribution in [3.63, 3.8) is 0 Å². The number of ether oxygens (including phenoxy) is 1. The number of halogens is 1. The molecule has 4 nitrogen and oxygen atoms in total. The molecule has 1 atom stereocenters. The molecule has 0 fully saturated rings. The Morgan fingerprint density at radius 3 is 2.35 bits per heavy atom. The lowest BCUT2D eigenvalue weighted by atomic mass is 10.0. The molecular formula is C14H20BrNO3S. The highest BCUT2D eigenvalue weighted by atomic mass is 79.9. The van der Waals surface area contributed by atoms with E-state index in [1.54, 1.807) is 26.8 Å². The first kappa shape index (κ1) is 17.2. The van der Waals surface area contributed by atoms with E-state index < -0.39 is 17.6 Å². The fourth-order valence-corrected chi connectivity index (χ4v) is 2.98. The van der Waals surface area contributed by atoms with Crippen LogP contribution < -0.4 is 5.32 Å². The normalized spacial score (nSPS) is 13.2. The van der Waals surface area contributed by atoms with Gasteiger partial charge in [0.2, 0.25) is 0 Å². The molecule has 0 saturated heterocycles. The van der Waals surface area contributed by atoms with Gasteiger partial charge in [-0.3, -0.25) is 4.79 Å². The molecule has 0 aromatic carbocycles. The quantitative estimate of drug-likeness (QED) is 0.833. The Bertz CT molecular complexity index is 491. The minimum Gasteiger partial charge on any atom is -0.458 e. The monoisotopic (exact) mass is 361 g/mol. The molecule has 0 bridgehead atoms. The zero-order chi connectivity index (χ0) is 15.5. The van der Waals surface area contributed by atoms with E-state index in [4.69, 9.17) is 4.74 Å². The van der Waals surface area contributed by atoms with E-state index in [0.717, 1.165) is 4.47 Å². The standard InChI is InChI=1S/C14H20BrNO3S/c1-8(2)10(13(18)19-14(3,4)5)16-12(17)11-9(15)6-7-20-11/h6-8,10H,1-5H3,(H,16,17)/t10-/m0/s1. The number of rotatable bonds is 4. The van der Waals surface area contributed by atoms with E-state index in [0.29, 0.717) is 4.88 Å². The molecule has 0 aliphatic carbocycles. The van der Waals surface area contributed by atoms with Gasteiger partial charge in [-0.1, -0.05) is 13.8 Å². The molecular weight excluding hydrogens is 342 g/mol. The highest BCUT2D eigenvalue weighted by Crippen LogP contribution is 2.23. The van der Waals surface area contributed by atoms with Gasteiger partial charge in [0, 0.05) is 4.47 Å². The third-order valence-corrected chi connectivity index (χ3v) is 4.27. The van der Waals surface area contributed by atoms with Gasteiger partial charge in [-0.25, -0.2) is 4.79 Å². The highest BCUT2D eigenvalue weighted by Gasteiger charge is 2.30. The lowest BCUT2D eigenvalue weighted by molar-refractivity contribution is -0.158. The lowest BCUT2D eigenvalue weighted by Gasteiger charge is -2.26. The van der Waals surface area contributed by atoms with Gasteiger partial charge in [0.1, 0.15) is 16.5 Å². The predicted molar refractivity (Wildman–Crippen MR) is 84.0 cm³/mol. The molecule has 1 aromatic rings. The van der Waals surface area contributed by atoms with Crippen LogP contribution in [0.3, 0.4) is 0 Å². The predicted octanol–water partition coefficient (Wildman–Crippen LogP) is 3.61. The number of carbonyl (C=O) groups excluding carboxylic acids is 2. The number of hydrogen-bond donors (Lipinski definition) is 1. The average molecular weight is 362 g/mol. The van der Waals surface area contributed by atoms with E-state index in [1.807, 2.05) is 19.2 Å². The van der Waals surface area contributed by atoms with Crippen molar-refractivity contribution in [1.82, 2.24) is 5.32 Å². The first-order valence-electron chi connectivity index (χ1n) is 6.38. The van der Waals surface area contributed by atoms with Gasteiger partial charge in [0.05, 0.1) is 0 Å². The summed E-state index contributed by atoms with van der Waals surface area (Å²) < 4.78 is 6.08. The van der Waals surface area contributed by atoms with Gasteiger partial charge < -0.3 is 10.1 Å². The molecule has 0 unspecified atom stereocenters. The maximum absolute atomic E-state index is 12.2. The number of thiophene rings is 1. The van der Waals surface area contributed by atoms with Gasteiger partial charge in [0.15, 0.2) is 0 Å². The topological polar surface area (TPSA) is 55.4 Å². The zero-order valence-electron chi connectivity index (χ0n) is 12.3. The summed E-state index contributed by atoms with van der Waals surface area (Å²) in [5.74, 6) is -0.725. The van der Waals surface area contributed by atoms with Crippen LogP contribution in [0, 0.1) is 5.92 Å². The Kier molecular flexibility index (Phi) is 5.77. The third-order valence-electron chi connectivity index (χ3n) is 2.44. The Labute approximate surface area is 132 Å². The summed E-state index contributed by atoms with van der Waals surface area (Å²) in [7, 11) is 0. The highest BCUT2D eigenvalue weighted by molar-refractivity contribution is 9.10. The molecule has 1 rings (SSSR count). The molecule has 0 aliphatic rings. The maximum atomic E-state index is 12.2. The maximum Gasteiger partial charge on any atom is 0.329 e. The number of hydrogen-bond acceptors (Lipinski definition) is 4. The smallest absolute Gasteiger partial charge is 0.329 e. The van der Waals surface area contributed by atoms with E-state index in [1.165, 1.54) is 11.3 Å². The van der Waals surface area contributed by atoms with Crippen molar-refractivity contribution in [1.29, 1.82) is 0 Å². The summed E-state index contributed by atoms with van der Waals surface area (Å²) in [6.07, 6.45) is 0. The van der Waals surface area contributed by atoms with Crippen molar-refractivity contribution in [2.45, 2.75) is 46.3 Å². The van der Waals surface area contributed by atoms with Gasteiger partial charge in [-0.15, -0.1) is 11.3 Å². The minimum atomic E-state index is -0.657. The summed E-state index contributed by atoms with van der Waals surface area (Å²) >= 11 is 4.64. The summed E-state index contributed by atoms with van der Waals surface area (Å²) in [5, 5.41) is 4.57. The SMILES string of the molecule is CC(C)[C@H](NC(=O)c1sccc1Br)C(=O)OC(C)(C)C. The Morgan fingerprint density at radius 2 is 1.95 bits per heavy atom. The van der Waals surface area contributed by atoms with Gasteiger partial charge in [-0.05, 0) is 54.1 Å². The summed E-state index contributed by atoms with van der Waals surface area (Å²) in [4.78, 5) is 24.9. The van der Waals surface area contributed by atoms with Gasteiger partial charge >= 0.3 is 5.97 Å². The molecule has 20 heavy (non-hydrogen) atoms. The molecule has 0 saturated carbocycles. The van der Waals surface area contributed by atoms with Crippen LogP contribution in [0.15, 0.2) is 15.9 Å². The number of carbonyl (C=O) groups is 2. The first-order valence-corrected chi connectivity index (χ1v) is 8.06. The molecule has 0 radical (unpaired) electrons. The molecule has 6 heteroatoms.